The summed E-state index contributed by atoms with van der Waals surface area (Å²) in [6.07, 6.45) is 0. The zero-order valence-electron chi connectivity index (χ0n) is 13.7. The molecule has 3 aromatic rings. The smallest absolute Gasteiger partial charge is 0.252 e. The number of carbonyl (C=O) groups excluding carboxylic acids is 1. The van der Waals surface area contributed by atoms with Gasteiger partial charge in [-0.05, 0) is 49.4 Å². The highest BCUT2D eigenvalue weighted by Crippen LogP contribution is 2.32. The molecule has 0 bridgehead atoms. The Bertz CT molecular complexity index is 955. The lowest BCUT2D eigenvalue weighted by Crippen LogP contribution is -2.26. The topological polar surface area (TPSA) is 86.5 Å². The van der Waals surface area contributed by atoms with Gasteiger partial charge >= 0.3 is 0 Å². The van der Waals surface area contributed by atoms with Gasteiger partial charge in [0.1, 0.15) is 11.9 Å². The molecule has 1 N–H and O–H groups in total. The summed E-state index contributed by atoms with van der Waals surface area (Å²) in [7, 11) is 0. The van der Waals surface area contributed by atoms with E-state index in [1.165, 1.54) is 12.1 Å². The van der Waals surface area contributed by atoms with Gasteiger partial charge in [0, 0.05) is 11.1 Å². The first kappa shape index (κ1) is 16.1. The van der Waals surface area contributed by atoms with Crippen molar-refractivity contribution in [2.24, 2.45) is 0 Å². The van der Waals surface area contributed by atoms with Crippen molar-refractivity contribution in [1.82, 2.24) is 15.5 Å². The molecule has 132 valence electrons. The van der Waals surface area contributed by atoms with E-state index in [2.05, 4.69) is 15.5 Å². The van der Waals surface area contributed by atoms with E-state index >= 15 is 0 Å². The molecule has 0 saturated heterocycles. The van der Waals surface area contributed by atoms with Crippen LogP contribution in [-0.2, 0) is 0 Å². The molecule has 26 heavy (non-hydrogen) atoms. The van der Waals surface area contributed by atoms with Gasteiger partial charge in [0.2, 0.25) is 18.5 Å². The van der Waals surface area contributed by atoms with Crippen LogP contribution in [-0.4, -0.2) is 22.8 Å². The molecular weight excluding hydrogens is 341 g/mol. The van der Waals surface area contributed by atoms with Crippen molar-refractivity contribution in [2.75, 3.05) is 6.79 Å². The van der Waals surface area contributed by atoms with E-state index in [9.17, 15) is 9.18 Å². The minimum atomic E-state index is -0.505. The molecule has 0 unspecified atom stereocenters. The molecule has 0 aliphatic carbocycles. The van der Waals surface area contributed by atoms with Crippen LogP contribution in [0.5, 0.6) is 11.5 Å². The van der Waals surface area contributed by atoms with Gasteiger partial charge < -0.3 is 19.3 Å². The van der Waals surface area contributed by atoms with Crippen molar-refractivity contribution in [3.63, 3.8) is 0 Å². The number of benzene rings is 2. The second-order valence-electron chi connectivity index (χ2n) is 5.73. The molecule has 0 saturated carbocycles. The summed E-state index contributed by atoms with van der Waals surface area (Å²) in [5.41, 5.74) is 1.05. The summed E-state index contributed by atoms with van der Waals surface area (Å²) in [4.78, 5) is 16.7. The Balaban J connectivity index is 1.47. The average molecular weight is 355 g/mol. The van der Waals surface area contributed by atoms with E-state index in [1.54, 1.807) is 37.3 Å². The van der Waals surface area contributed by atoms with Crippen LogP contribution in [0.25, 0.3) is 11.4 Å². The second kappa shape index (κ2) is 6.47. The van der Waals surface area contributed by atoms with Crippen LogP contribution < -0.4 is 14.8 Å². The minimum absolute atomic E-state index is 0.144. The molecule has 1 aromatic heterocycles. The number of carbonyl (C=O) groups is 1. The number of rotatable bonds is 4. The van der Waals surface area contributed by atoms with Gasteiger partial charge in [0.05, 0.1) is 0 Å². The monoisotopic (exact) mass is 355 g/mol. The molecule has 7 nitrogen and oxygen atoms in total. The summed E-state index contributed by atoms with van der Waals surface area (Å²) >= 11 is 0. The Labute approximate surface area is 147 Å². The summed E-state index contributed by atoms with van der Waals surface area (Å²) in [5.74, 6) is 1.05. The predicted molar refractivity (Wildman–Crippen MR) is 88.1 cm³/mol. The second-order valence-corrected chi connectivity index (χ2v) is 5.73. The Hall–Kier alpha value is -3.42. The normalized spacial score (nSPS) is 13.5. The van der Waals surface area contributed by atoms with Crippen molar-refractivity contribution in [3.8, 4) is 22.9 Å². The summed E-state index contributed by atoms with van der Waals surface area (Å²) in [6.45, 7) is 1.87. The van der Waals surface area contributed by atoms with Crippen molar-refractivity contribution in [1.29, 1.82) is 0 Å². The van der Waals surface area contributed by atoms with Crippen LogP contribution in [0.15, 0.2) is 47.0 Å². The molecule has 0 spiro atoms. The van der Waals surface area contributed by atoms with Gasteiger partial charge in [-0.3, -0.25) is 4.79 Å². The van der Waals surface area contributed by atoms with E-state index in [1.807, 2.05) is 0 Å². The van der Waals surface area contributed by atoms with Crippen LogP contribution in [0, 0.1) is 5.82 Å². The number of halogens is 1. The van der Waals surface area contributed by atoms with Gasteiger partial charge in [-0.1, -0.05) is 5.16 Å². The Morgan fingerprint density at radius 2 is 1.92 bits per heavy atom. The van der Waals surface area contributed by atoms with E-state index in [4.69, 9.17) is 14.0 Å². The van der Waals surface area contributed by atoms with Gasteiger partial charge in [-0.15, -0.1) is 0 Å². The summed E-state index contributed by atoms with van der Waals surface area (Å²) in [5, 5.41) is 6.65. The Kier molecular flexibility index (Phi) is 4.00. The summed E-state index contributed by atoms with van der Waals surface area (Å²) < 4.78 is 28.7. The number of amides is 1. The maximum Gasteiger partial charge on any atom is 0.252 e. The number of ether oxygens (including phenoxy) is 2. The summed E-state index contributed by atoms with van der Waals surface area (Å²) in [6, 6.07) is 10.2. The fraction of sp³-hybridized carbons (Fsp3) is 0.167. The third-order valence-electron chi connectivity index (χ3n) is 3.90. The lowest BCUT2D eigenvalue weighted by molar-refractivity contribution is 0.0932. The third-order valence-corrected chi connectivity index (χ3v) is 3.90. The lowest BCUT2D eigenvalue weighted by atomic mass is 10.1. The molecule has 1 aliphatic rings. The molecule has 1 aliphatic heterocycles. The number of nitrogens with zero attached hydrogens (tertiary/aromatic N) is 2. The Morgan fingerprint density at radius 1 is 1.15 bits per heavy atom. The average Bonchev–Trinajstić information content (AvgIpc) is 3.31. The van der Waals surface area contributed by atoms with Gasteiger partial charge in [-0.25, -0.2) is 4.39 Å². The quantitative estimate of drug-likeness (QED) is 0.774. The van der Waals surface area contributed by atoms with Gasteiger partial charge in [0.25, 0.3) is 5.91 Å². The van der Waals surface area contributed by atoms with Crippen LogP contribution in [0.3, 0.4) is 0 Å². The number of aromatic nitrogens is 2. The van der Waals surface area contributed by atoms with Crippen LogP contribution in [0.4, 0.5) is 4.39 Å². The molecule has 0 fully saturated rings. The van der Waals surface area contributed by atoms with E-state index in [0.29, 0.717) is 28.5 Å². The molecule has 2 aromatic carbocycles. The fourth-order valence-electron chi connectivity index (χ4n) is 2.51. The first-order valence-electron chi connectivity index (χ1n) is 7.90. The maximum atomic E-state index is 13.0. The van der Waals surface area contributed by atoms with Crippen molar-refractivity contribution >= 4 is 5.91 Å². The lowest BCUT2D eigenvalue weighted by Gasteiger charge is -2.10. The fourth-order valence-corrected chi connectivity index (χ4v) is 2.51. The zero-order valence-corrected chi connectivity index (χ0v) is 13.7. The van der Waals surface area contributed by atoms with Crippen molar-refractivity contribution < 1.29 is 23.2 Å². The highest BCUT2D eigenvalue weighted by molar-refractivity contribution is 5.95. The van der Waals surface area contributed by atoms with Crippen LogP contribution in [0.2, 0.25) is 0 Å². The largest absolute Gasteiger partial charge is 0.454 e. The molecule has 4 rings (SSSR count). The first-order chi connectivity index (χ1) is 12.6. The van der Waals surface area contributed by atoms with Crippen LogP contribution >= 0.6 is 0 Å². The van der Waals surface area contributed by atoms with E-state index in [-0.39, 0.29) is 24.4 Å². The molecular formula is C18H14FN3O4. The van der Waals surface area contributed by atoms with Gasteiger partial charge in [-0.2, -0.15) is 4.98 Å². The highest BCUT2D eigenvalue weighted by atomic mass is 19.1. The zero-order chi connectivity index (χ0) is 18.1. The number of hydrogen-bond donors (Lipinski definition) is 1. The maximum absolute atomic E-state index is 13.0. The number of nitrogens with one attached hydrogen (secondary N) is 1. The molecule has 0 radical (unpaired) electrons. The number of hydrogen-bond acceptors (Lipinski definition) is 6. The third kappa shape index (κ3) is 3.08. The highest BCUT2D eigenvalue weighted by Gasteiger charge is 2.20. The SMILES string of the molecule is C[C@H](NC(=O)c1ccc2c(c1)OCO2)c1nc(-c2ccc(F)cc2)no1. The van der Waals surface area contributed by atoms with E-state index in [0.717, 1.165) is 0 Å². The predicted octanol–water partition coefficient (Wildman–Crippen LogP) is 3.10. The standard InChI is InChI=1S/C18H14FN3O4/c1-10(18-21-16(22-26-18)11-2-5-13(19)6-3-11)20-17(23)12-4-7-14-15(8-12)25-9-24-14/h2-8,10H,9H2,1H3,(H,20,23)/t10-/m0/s1. The van der Waals surface area contributed by atoms with E-state index < -0.39 is 6.04 Å². The first-order valence-corrected chi connectivity index (χ1v) is 7.90. The molecule has 8 heteroatoms. The van der Waals surface area contributed by atoms with Gasteiger partial charge in [0.15, 0.2) is 11.5 Å². The molecule has 1 atom stereocenters. The van der Waals surface area contributed by atoms with Crippen molar-refractivity contribution in [2.45, 2.75) is 13.0 Å². The molecule has 2 heterocycles. The number of fused-ring (bicyclic) bond motifs is 1. The van der Waals surface area contributed by atoms with Crippen LogP contribution in [0.1, 0.15) is 29.2 Å². The molecule has 1 amide bonds. The Morgan fingerprint density at radius 3 is 2.73 bits per heavy atom. The minimum Gasteiger partial charge on any atom is -0.454 e. The van der Waals surface area contributed by atoms with Crippen molar-refractivity contribution in [3.05, 3.63) is 59.7 Å².